The molecule has 118 valence electrons. The summed E-state index contributed by atoms with van der Waals surface area (Å²) in [6, 6.07) is 11.4. The predicted molar refractivity (Wildman–Crippen MR) is 89.9 cm³/mol. The van der Waals surface area contributed by atoms with Crippen molar-refractivity contribution in [1.29, 1.82) is 0 Å². The lowest BCUT2D eigenvalue weighted by Gasteiger charge is -2.10. The number of carbonyl (C=O) groups excluding carboxylic acids is 1. The average Bonchev–Trinajstić information content (AvgIpc) is 2.93. The molecule has 3 aromatic rings. The lowest BCUT2D eigenvalue weighted by Crippen LogP contribution is -2.15. The first kappa shape index (κ1) is 15.1. The van der Waals surface area contributed by atoms with Gasteiger partial charge in [-0.25, -0.2) is 4.98 Å². The monoisotopic (exact) mass is 309 g/mol. The maximum absolute atomic E-state index is 12.3. The highest BCUT2D eigenvalue weighted by Gasteiger charge is 2.11. The molecule has 0 unspecified atom stereocenters. The second kappa shape index (κ2) is 6.52. The lowest BCUT2D eigenvalue weighted by molar-refractivity contribution is -0.115. The molecule has 0 fully saturated rings. The molecule has 0 bridgehead atoms. The van der Waals surface area contributed by atoms with Crippen molar-refractivity contribution in [1.82, 2.24) is 9.38 Å². The number of para-hydroxylation sites is 2. The number of hydrogen-bond acceptors (Lipinski definition) is 3. The van der Waals surface area contributed by atoms with Crippen LogP contribution in [-0.2, 0) is 11.2 Å². The Hall–Kier alpha value is -2.82. The van der Waals surface area contributed by atoms with Crippen LogP contribution in [-0.4, -0.2) is 21.9 Å². The average molecular weight is 309 g/mol. The number of carbonyl (C=O) groups is 1. The fourth-order valence-corrected chi connectivity index (χ4v) is 2.50. The van der Waals surface area contributed by atoms with Crippen LogP contribution in [0.15, 0.2) is 48.8 Å². The second-order valence-corrected chi connectivity index (χ2v) is 5.31. The van der Waals surface area contributed by atoms with Crippen molar-refractivity contribution >= 4 is 17.2 Å². The van der Waals surface area contributed by atoms with Gasteiger partial charge in [0.25, 0.3) is 0 Å². The first-order valence-corrected chi connectivity index (χ1v) is 7.62. The van der Waals surface area contributed by atoms with E-state index in [4.69, 9.17) is 4.74 Å². The van der Waals surface area contributed by atoms with Gasteiger partial charge in [0, 0.05) is 12.4 Å². The van der Waals surface area contributed by atoms with Crippen LogP contribution in [0, 0.1) is 6.92 Å². The van der Waals surface area contributed by atoms with Gasteiger partial charge < -0.3 is 14.5 Å². The molecule has 0 aliphatic carbocycles. The Balaban J connectivity index is 1.75. The summed E-state index contributed by atoms with van der Waals surface area (Å²) >= 11 is 0. The van der Waals surface area contributed by atoms with Gasteiger partial charge >= 0.3 is 0 Å². The molecule has 0 aliphatic heterocycles. The van der Waals surface area contributed by atoms with E-state index in [1.165, 1.54) is 0 Å². The van der Waals surface area contributed by atoms with Gasteiger partial charge in [0.05, 0.1) is 24.4 Å². The quantitative estimate of drug-likeness (QED) is 0.787. The molecule has 23 heavy (non-hydrogen) atoms. The van der Waals surface area contributed by atoms with E-state index in [1.54, 1.807) is 0 Å². The number of benzene rings is 1. The number of fused-ring (bicyclic) bond motifs is 1. The van der Waals surface area contributed by atoms with Crippen molar-refractivity contribution < 1.29 is 9.53 Å². The maximum Gasteiger partial charge on any atom is 0.230 e. The summed E-state index contributed by atoms with van der Waals surface area (Å²) in [5.41, 5.74) is 3.39. The molecule has 0 saturated carbocycles. The van der Waals surface area contributed by atoms with E-state index in [0.717, 1.165) is 16.9 Å². The third kappa shape index (κ3) is 3.34. The van der Waals surface area contributed by atoms with Crippen LogP contribution in [0.25, 0.3) is 5.65 Å². The number of aryl methyl sites for hydroxylation is 1. The molecule has 5 heteroatoms. The minimum Gasteiger partial charge on any atom is -0.492 e. The number of amides is 1. The van der Waals surface area contributed by atoms with Gasteiger partial charge in [0.1, 0.15) is 11.4 Å². The molecule has 1 N–H and O–H groups in total. The van der Waals surface area contributed by atoms with E-state index in [9.17, 15) is 4.79 Å². The first-order valence-electron chi connectivity index (χ1n) is 7.62. The van der Waals surface area contributed by atoms with Crippen molar-refractivity contribution in [3.05, 3.63) is 60.0 Å². The van der Waals surface area contributed by atoms with Crippen LogP contribution < -0.4 is 10.1 Å². The van der Waals surface area contributed by atoms with Gasteiger partial charge in [-0.05, 0) is 37.6 Å². The molecule has 2 heterocycles. The Morgan fingerprint density at radius 1 is 1.26 bits per heavy atom. The molecule has 3 rings (SSSR count). The number of aromatic nitrogens is 2. The Morgan fingerprint density at radius 3 is 2.87 bits per heavy atom. The van der Waals surface area contributed by atoms with E-state index >= 15 is 0 Å². The van der Waals surface area contributed by atoms with Gasteiger partial charge in [-0.2, -0.15) is 0 Å². The summed E-state index contributed by atoms with van der Waals surface area (Å²) in [6.45, 7) is 4.47. The van der Waals surface area contributed by atoms with E-state index in [0.29, 0.717) is 18.0 Å². The first-order chi connectivity index (χ1) is 11.2. The number of ether oxygens (including phenoxy) is 1. The molecule has 5 nitrogen and oxygen atoms in total. The number of anilines is 1. The summed E-state index contributed by atoms with van der Waals surface area (Å²) < 4.78 is 7.45. The molecule has 2 aromatic heterocycles. The molecule has 0 radical (unpaired) electrons. The van der Waals surface area contributed by atoms with Crippen molar-refractivity contribution in [2.24, 2.45) is 0 Å². The van der Waals surface area contributed by atoms with Gasteiger partial charge in [-0.15, -0.1) is 0 Å². The normalized spacial score (nSPS) is 10.7. The SMILES string of the molecule is CCOc1ccccc1NC(=O)Cc1cn2cccc(C)c2n1. The number of rotatable bonds is 5. The van der Waals surface area contributed by atoms with Crippen molar-refractivity contribution in [3.63, 3.8) is 0 Å². The third-order valence-electron chi connectivity index (χ3n) is 3.53. The Labute approximate surface area is 134 Å². The fraction of sp³-hybridized carbons (Fsp3) is 0.222. The highest BCUT2D eigenvalue weighted by atomic mass is 16.5. The van der Waals surface area contributed by atoms with Crippen molar-refractivity contribution in [3.8, 4) is 5.75 Å². The smallest absolute Gasteiger partial charge is 0.230 e. The highest BCUT2D eigenvalue weighted by Crippen LogP contribution is 2.23. The Morgan fingerprint density at radius 2 is 2.09 bits per heavy atom. The number of pyridine rings is 1. The highest BCUT2D eigenvalue weighted by molar-refractivity contribution is 5.93. The van der Waals surface area contributed by atoms with E-state index < -0.39 is 0 Å². The Bertz CT molecular complexity index is 839. The number of hydrogen-bond donors (Lipinski definition) is 1. The lowest BCUT2D eigenvalue weighted by atomic mass is 10.2. The number of imidazole rings is 1. The summed E-state index contributed by atoms with van der Waals surface area (Å²) in [6.07, 6.45) is 4.04. The second-order valence-electron chi connectivity index (χ2n) is 5.31. The standard InChI is InChI=1S/C18H19N3O2/c1-3-23-16-9-5-4-8-15(16)20-17(22)11-14-12-21-10-6-7-13(2)18(21)19-14/h4-10,12H,3,11H2,1-2H3,(H,20,22). The van der Waals surface area contributed by atoms with Crippen molar-refractivity contribution in [2.75, 3.05) is 11.9 Å². The zero-order chi connectivity index (χ0) is 16.2. The van der Waals surface area contributed by atoms with Crippen LogP contribution in [0.5, 0.6) is 5.75 Å². The number of nitrogens with one attached hydrogen (secondary N) is 1. The van der Waals surface area contributed by atoms with E-state index in [-0.39, 0.29) is 12.3 Å². The topological polar surface area (TPSA) is 55.6 Å². The zero-order valence-corrected chi connectivity index (χ0v) is 13.2. The predicted octanol–water partition coefficient (Wildman–Crippen LogP) is 3.22. The molecule has 1 aromatic carbocycles. The van der Waals surface area contributed by atoms with Gasteiger partial charge in [0.15, 0.2) is 0 Å². The summed E-state index contributed by atoms with van der Waals surface area (Å²) in [5.74, 6) is 0.562. The minimum atomic E-state index is -0.113. The summed E-state index contributed by atoms with van der Waals surface area (Å²) in [4.78, 5) is 16.8. The van der Waals surface area contributed by atoms with Gasteiger partial charge in [-0.3, -0.25) is 4.79 Å². The largest absolute Gasteiger partial charge is 0.492 e. The summed E-state index contributed by atoms with van der Waals surface area (Å²) in [7, 11) is 0. The Kier molecular flexibility index (Phi) is 4.28. The fourth-order valence-electron chi connectivity index (χ4n) is 2.50. The van der Waals surface area contributed by atoms with Crippen LogP contribution in [0.4, 0.5) is 5.69 Å². The molecule has 0 aliphatic rings. The molecule has 0 saturated heterocycles. The summed E-state index contributed by atoms with van der Waals surface area (Å²) in [5, 5.41) is 2.89. The minimum absolute atomic E-state index is 0.113. The van der Waals surface area contributed by atoms with Crippen LogP contribution in [0.2, 0.25) is 0 Å². The zero-order valence-electron chi connectivity index (χ0n) is 13.2. The number of nitrogens with zero attached hydrogens (tertiary/aromatic N) is 2. The van der Waals surface area contributed by atoms with Crippen LogP contribution in [0.3, 0.4) is 0 Å². The van der Waals surface area contributed by atoms with Crippen LogP contribution >= 0.6 is 0 Å². The molecular formula is C18H19N3O2. The molecule has 0 atom stereocenters. The van der Waals surface area contributed by atoms with E-state index in [1.807, 2.05) is 67.0 Å². The van der Waals surface area contributed by atoms with Gasteiger partial charge in [0.2, 0.25) is 5.91 Å². The van der Waals surface area contributed by atoms with E-state index in [2.05, 4.69) is 10.3 Å². The molecular weight excluding hydrogens is 290 g/mol. The molecule has 0 spiro atoms. The molecule has 1 amide bonds. The van der Waals surface area contributed by atoms with Gasteiger partial charge in [-0.1, -0.05) is 18.2 Å². The van der Waals surface area contributed by atoms with Crippen LogP contribution in [0.1, 0.15) is 18.2 Å². The van der Waals surface area contributed by atoms with Crippen molar-refractivity contribution in [2.45, 2.75) is 20.3 Å². The third-order valence-corrected chi connectivity index (χ3v) is 3.53. The maximum atomic E-state index is 12.3.